The number of imidazole rings is 1. The van der Waals surface area contributed by atoms with Gasteiger partial charge in [-0.1, -0.05) is 0 Å². The summed E-state index contributed by atoms with van der Waals surface area (Å²) in [6.07, 6.45) is 16.7. The van der Waals surface area contributed by atoms with E-state index in [2.05, 4.69) is 38.0 Å². The summed E-state index contributed by atoms with van der Waals surface area (Å²) in [7, 11) is 0. The van der Waals surface area contributed by atoms with Crippen LogP contribution in [-0.4, -0.2) is 55.3 Å². The van der Waals surface area contributed by atoms with Crippen LogP contribution in [0.3, 0.4) is 0 Å². The Bertz CT molecular complexity index is 1760. The summed E-state index contributed by atoms with van der Waals surface area (Å²) < 4.78 is 46.1. The molecule has 5 heterocycles. The molecule has 2 amide bonds. The monoisotopic (exact) mass is 633 g/mol. The van der Waals surface area contributed by atoms with Crippen molar-refractivity contribution in [2.75, 3.05) is 24.2 Å². The molecule has 3 N–H and O–H groups in total. The molecule has 46 heavy (non-hydrogen) atoms. The highest BCUT2D eigenvalue weighted by Gasteiger charge is 2.59. The number of terminal acetylenes is 1. The average Bonchev–Trinajstić information content (AvgIpc) is 3.61. The summed E-state index contributed by atoms with van der Waals surface area (Å²) in [4.78, 5) is 38.9. The molecular weight excluding hydrogens is 599 g/mol. The minimum Gasteiger partial charge on any atom is -0.493 e. The summed E-state index contributed by atoms with van der Waals surface area (Å²) >= 11 is 0. The van der Waals surface area contributed by atoms with E-state index in [4.69, 9.17) is 10.5 Å². The first kappa shape index (κ1) is 32.3. The fourth-order valence-corrected chi connectivity index (χ4v) is 6.06. The lowest BCUT2D eigenvalue weighted by Crippen LogP contribution is -2.37. The van der Waals surface area contributed by atoms with Crippen LogP contribution in [0.5, 0.6) is 5.75 Å². The van der Waals surface area contributed by atoms with Gasteiger partial charge in [0.2, 0.25) is 5.91 Å². The van der Waals surface area contributed by atoms with Crippen LogP contribution in [0.4, 0.5) is 24.8 Å². The number of ether oxygens (including phenoxy) is 1. The van der Waals surface area contributed by atoms with Crippen molar-refractivity contribution in [3.8, 4) is 29.9 Å². The highest BCUT2D eigenvalue weighted by Crippen LogP contribution is 2.57. The Hall–Kier alpha value is -5.12. The zero-order valence-electron chi connectivity index (χ0n) is 25.3. The van der Waals surface area contributed by atoms with E-state index in [9.17, 15) is 22.8 Å². The van der Waals surface area contributed by atoms with Gasteiger partial charge in [0, 0.05) is 42.3 Å². The van der Waals surface area contributed by atoms with E-state index in [0.717, 1.165) is 24.9 Å². The maximum Gasteiger partial charge on any atom is 0.416 e. The molecule has 1 aromatic carbocycles. The van der Waals surface area contributed by atoms with Crippen LogP contribution in [0.15, 0.2) is 55.2 Å². The lowest BCUT2D eigenvalue weighted by Gasteiger charge is -2.29. The number of amides is 2. The Morgan fingerprint density at radius 3 is 2.61 bits per heavy atom. The molecule has 1 spiro atoms. The lowest BCUT2D eigenvalue weighted by molar-refractivity contribution is -0.137. The SMILES string of the molecule is C#C.CCOc1cc(C(=O)Nc2cc(C(F)(F)F)ccn2)ccc1-c1ncn2ccnc(N)c12.O=C1N2CCCC[C@@H]2CC12CC2. The van der Waals surface area contributed by atoms with Crippen molar-refractivity contribution in [1.82, 2.24) is 24.3 Å². The van der Waals surface area contributed by atoms with Crippen molar-refractivity contribution >= 4 is 29.0 Å². The van der Waals surface area contributed by atoms with Gasteiger partial charge in [0.25, 0.3) is 5.91 Å². The van der Waals surface area contributed by atoms with Crippen LogP contribution >= 0.6 is 0 Å². The summed E-state index contributed by atoms with van der Waals surface area (Å²) in [5.74, 6) is 0.277. The number of hydrogen-bond donors (Lipinski definition) is 2. The summed E-state index contributed by atoms with van der Waals surface area (Å²) in [6.45, 7) is 3.14. The number of fused-ring (bicyclic) bond motifs is 2. The summed E-state index contributed by atoms with van der Waals surface area (Å²) in [5.41, 5.74) is 7.13. The summed E-state index contributed by atoms with van der Waals surface area (Å²) in [6, 6.07) is 6.86. The fraction of sp³-hybridized carbons (Fsp3) is 0.364. The van der Waals surface area contributed by atoms with Gasteiger partial charge in [-0.05, 0) is 75.8 Å². The number of hydrogen-bond acceptors (Lipinski definition) is 7. The predicted molar refractivity (Wildman–Crippen MR) is 167 cm³/mol. The molecule has 1 aliphatic carbocycles. The molecule has 10 nitrogen and oxygen atoms in total. The number of nitrogens with zero attached hydrogens (tertiary/aromatic N) is 5. The molecule has 3 aliphatic rings. The normalized spacial score (nSPS) is 17.7. The highest BCUT2D eigenvalue weighted by molar-refractivity contribution is 6.04. The molecule has 3 aromatic heterocycles. The number of piperidine rings is 1. The third-order valence-electron chi connectivity index (χ3n) is 8.43. The van der Waals surface area contributed by atoms with Crippen molar-refractivity contribution in [2.45, 2.75) is 57.7 Å². The molecule has 240 valence electrons. The van der Waals surface area contributed by atoms with Gasteiger partial charge in [-0.2, -0.15) is 13.2 Å². The Morgan fingerprint density at radius 2 is 1.91 bits per heavy atom. The van der Waals surface area contributed by atoms with Gasteiger partial charge in [-0.3, -0.25) is 9.59 Å². The maximum absolute atomic E-state index is 12.9. The first-order valence-electron chi connectivity index (χ1n) is 14.9. The third kappa shape index (κ3) is 6.47. The number of aromatic nitrogens is 4. The number of nitrogens with one attached hydrogen (secondary N) is 1. The second-order valence-corrected chi connectivity index (χ2v) is 11.3. The average molecular weight is 634 g/mol. The van der Waals surface area contributed by atoms with Gasteiger partial charge in [-0.15, -0.1) is 12.8 Å². The smallest absolute Gasteiger partial charge is 0.416 e. The van der Waals surface area contributed by atoms with Crippen LogP contribution in [0.25, 0.3) is 16.8 Å². The molecule has 7 rings (SSSR count). The second-order valence-electron chi connectivity index (χ2n) is 11.3. The molecule has 1 atom stereocenters. The van der Waals surface area contributed by atoms with Crippen LogP contribution in [0.1, 0.15) is 61.4 Å². The third-order valence-corrected chi connectivity index (χ3v) is 8.43. The lowest BCUT2D eigenvalue weighted by atomic mass is 9.98. The predicted octanol–water partition coefficient (Wildman–Crippen LogP) is 5.84. The van der Waals surface area contributed by atoms with Gasteiger partial charge in [-0.25, -0.2) is 15.0 Å². The number of nitrogen functional groups attached to an aromatic ring is 1. The van der Waals surface area contributed by atoms with Crippen LogP contribution in [-0.2, 0) is 11.0 Å². The van der Waals surface area contributed by atoms with E-state index in [1.54, 1.807) is 36.1 Å². The zero-order chi connectivity index (χ0) is 33.1. The van der Waals surface area contributed by atoms with E-state index in [-0.39, 0.29) is 22.6 Å². The molecule has 1 saturated carbocycles. The van der Waals surface area contributed by atoms with Gasteiger partial charge >= 0.3 is 6.18 Å². The number of carbonyl (C=O) groups excluding carboxylic acids is 2. The largest absolute Gasteiger partial charge is 0.493 e. The molecular formula is C33H34F3N7O3. The van der Waals surface area contributed by atoms with Crippen molar-refractivity contribution in [2.24, 2.45) is 5.41 Å². The Morgan fingerprint density at radius 1 is 1.13 bits per heavy atom. The van der Waals surface area contributed by atoms with Crippen LogP contribution in [0, 0.1) is 18.3 Å². The quantitative estimate of drug-likeness (QED) is 0.264. The second kappa shape index (κ2) is 13.1. The van der Waals surface area contributed by atoms with Gasteiger partial charge < -0.3 is 25.1 Å². The topological polar surface area (TPSA) is 128 Å². The number of rotatable bonds is 5. The number of anilines is 2. The van der Waals surface area contributed by atoms with E-state index < -0.39 is 17.6 Å². The Labute approximate surface area is 264 Å². The number of alkyl halides is 3. The number of nitrogens with two attached hydrogens (primary N) is 1. The number of benzene rings is 1. The number of halogens is 3. The molecule has 2 saturated heterocycles. The fourth-order valence-electron chi connectivity index (χ4n) is 6.06. The van der Waals surface area contributed by atoms with E-state index in [0.29, 0.717) is 41.1 Å². The van der Waals surface area contributed by atoms with Crippen molar-refractivity contribution in [3.05, 3.63) is 66.4 Å². The highest BCUT2D eigenvalue weighted by atomic mass is 19.4. The zero-order valence-corrected chi connectivity index (χ0v) is 25.3. The number of carbonyl (C=O) groups is 2. The molecule has 4 aromatic rings. The van der Waals surface area contributed by atoms with E-state index in [1.807, 2.05) is 0 Å². The standard InChI is InChI=1S/C21H17F3N6O2.C10H15NO.C2H2/c1-2-32-15-9-12(20(31)29-16-10-13(5-6-26-16)21(22,23)24)3-4-14(15)17-18-19(25)27-7-8-30(18)11-28-17;12-9-10(4-5-10)7-8-3-1-2-6-11(8)9;1-2/h3-11H,2H2,1H3,(H2,25,27)(H,26,29,31);8H,1-7H2;1-2H/t;8-;/m.1./s1. The van der Waals surface area contributed by atoms with Crippen molar-refractivity contribution < 1.29 is 27.5 Å². The van der Waals surface area contributed by atoms with Crippen molar-refractivity contribution in [3.63, 3.8) is 0 Å². The minimum absolute atomic E-state index is 0.172. The van der Waals surface area contributed by atoms with Crippen molar-refractivity contribution in [1.29, 1.82) is 0 Å². The first-order valence-corrected chi connectivity index (χ1v) is 14.9. The van der Waals surface area contributed by atoms with E-state index >= 15 is 0 Å². The van der Waals surface area contributed by atoms with Crippen LogP contribution in [0.2, 0.25) is 0 Å². The Balaban J connectivity index is 0.000000245. The summed E-state index contributed by atoms with van der Waals surface area (Å²) in [5, 5.41) is 2.38. The molecule has 0 unspecified atom stereocenters. The van der Waals surface area contributed by atoms with Crippen LogP contribution < -0.4 is 15.8 Å². The molecule has 3 fully saturated rings. The van der Waals surface area contributed by atoms with Gasteiger partial charge in [0.05, 0.1) is 17.6 Å². The van der Waals surface area contributed by atoms with Gasteiger partial charge in [0.15, 0.2) is 0 Å². The maximum atomic E-state index is 12.9. The molecule has 2 aliphatic heterocycles. The molecule has 13 heteroatoms. The first-order chi connectivity index (χ1) is 22.1. The minimum atomic E-state index is -4.55. The molecule has 0 bridgehead atoms. The Kier molecular flexibility index (Phi) is 9.18. The van der Waals surface area contributed by atoms with E-state index in [1.165, 1.54) is 50.7 Å². The molecule has 0 radical (unpaired) electrons. The number of pyridine rings is 1. The van der Waals surface area contributed by atoms with Gasteiger partial charge in [0.1, 0.15) is 34.9 Å².